The maximum absolute atomic E-state index is 12.7. The monoisotopic (exact) mass is 318 g/mol. The van der Waals surface area contributed by atoms with Gasteiger partial charge in [-0.05, 0) is 18.2 Å². The van der Waals surface area contributed by atoms with Crippen LogP contribution < -0.4 is 5.32 Å². The van der Waals surface area contributed by atoms with Gasteiger partial charge < -0.3 is 9.73 Å². The van der Waals surface area contributed by atoms with Gasteiger partial charge in [0.1, 0.15) is 6.26 Å². The molecule has 1 aromatic carbocycles. The summed E-state index contributed by atoms with van der Waals surface area (Å²) in [5.41, 5.74) is -0.354. The molecule has 1 aromatic heterocycles. The molecule has 1 heterocycles. The van der Waals surface area contributed by atoms with Gasteiger partial charge in [-0.2, -0.15) is 13.2 Å². The maximum atomic E-state index is 12.7. The Morgan fingerprint density at radius 2 is 2.14 bits per heavy atom. The molecule has 0 radical (unpaired) electrons. The van der Waals surface area contributed by atoms with E-state index in [0.717, 1.165) is 12.1 Å². The number of alkyl halides is 3. The zero-order valence-corrected chi connectivity index (χ0v) is 11.3. The lowest BCUT2D eigenvalue weighted by Crippen LogP contribution is -2.14. The Bertz CT molecular complexity index is 627. The fourth-order valence-corrected chi connectivity index (χ4v) is 1.87. The van der Waals surface area contributed by atoms with Crippen molar-refractivity contribution in [3.05, 3.63) is 47.1 Å². The van der Waals surface area contributed by atoms with E-state index in [4.69, 9.17) is 16.0 Å². The fourth-order valence-electron chi connectivity index (χ4n) is 1.65. The van der Waals surface area contributed by atoms with Crippen LogP contribution in [0.25, 0.3) is 0 Å². The number of halogens is 4. The highest BCUT2D eigenvalue weighted by Crippen LogP contribution is 2.36. The van der Waals surface area contributed by atoms with Crippen LogP contribution in [-0.2, 0) is 17.4 Å². The van der Waals surface area contributed by atoms with Gasteiger partial charge >= 0.3 is 6.18 Å². The molecule has 4 nitrogen and oxygen atoms in total. The Hall–Kier alpha value is -2.02. The summed E-state index contributed by atoms with van der Waals surface area (Å²) in [5.74, 6) is -0.423. The lowest BCUT2D eigenvalue weighted by atomic mass is 10.2. The Kier molecular flexibility index (Phi) is 4.52. The van der Waals surface area contributed by atoms with Gasteiger partial charge in [0.2, 0.25) is 5.91 Å². The molecule has 2 rings (SSSR count). The molecule has 1 amide bonds. The van der Waals surface area contributed by atoms with Gasteiger partial charge in [-0.1, -0.05) is 11.6 Å². The largest absolute Gasteiger partial charge is 0.451 e. The predicted octanol–water partition coefficient (Wildman–Crippen LogP) is 3.92. The third-order valence-electron chi connectivity index (χ3n) is 2.65. The summed E-state index contributed by atoms with van der Waals surface area (Å²) in [5, 5.41) is 1.97. The first kappa shape index (κ1) is 15.4. The number of rotatable bonds is 4. The van der Waals surface area contributed by atoms with E-state index in [2.05, 4.69) is 10.3 Å². The number of aromatic nitrogens is 1. The van der Waals surface area contributed by atoms with Crippen molar-refractivity contribution in [3.8, 4) is 0 Å². The van der Waals surface area contributed by atoms with E-state index in [1.54, 1.807) is 0 Å². The molecule has 21 heavy (non-hydrogen) atoms. The number of oxazole rings is 1. The van der Waals surface area contributed by atoms with Crippen LogP contribution in [-0.4, -0.2) is 10.9 Å². The summed E-state index contributed by atoms with van der Waals surface area (Å²) in [6.45, 7) is 0. The van der Waals surface area contributed by atoms with E-state index in [9.17, 15) is 18.0 Å². The van der Waals surface area contributed by atoms with Gasteiger partial charge in [0.15, 0.2) is 6.39 Å². The third-order valence-corrected chi connectivity index (χ3v) is 2.98. The van der Waals surface area contributed by atoms with Crippen molar-refractivity contribution in [2.24, 2.45) is 0 Å². The molecule has 0 spiro atoms. The smallest absolute Gasteiger partial charge is 0.417 e. The van der Waals surface area contributed by atoms with Gasteiger partial charge in [0, 0.05) is 18.5 Å². The van der Waals surface area contributed by atoms with Gasteiger partial charge in [0.05, 0.1) is 16.3 Å². The molecular formula is C13H10ClF3N2O2. The van der Waals surface area contributed by atoms with E-state index >= 15 is 0 Å². The first-order valence-electron chi connectivity index (χ1n) is 5.90. The lowest BCUT2D eigenvalue weighted by Gasteiger charge is -2.11. The van der Waals surface area contributed by atoms with Crippen LogP contribution in [0.4, 0.5) is 18.9 Å². The topological polar surface area (TPSA) is 55.1 Å². The Morgan fingerprint density at radius 1 is 1.38 bits per heavy atom. The normalized spacial score (nSPS) is 11.4. The Labute approximate surface area is 122 Å². The highest BCUT2D eigenvalue weighted by molar-refractivity contribution is 6.31. The Morgan fingerprint density at radius 3 is 2.76 bits per heavy atom. The van der Waals surface area contributed by atoms with Crippen molar-refractivity contribution in [1.82, 2.24) is 4.98 Å². The first-order valence-corrected chi connectivity index (χ1v) is 6.28. The minimum absolute atomic E-state index is 0.0388. The summed E-state index contributed by atoms with van der Waals surface area (Å²) in [4.78, 5) is 15.5. The van der Waals surface area contributed by atoms with Crippen LogP contribution in [0.1, 0.15) is 17.7 Å². The van der Waals surface area contributed by atoms with Gasteiger partial charge in [-0.3, -0.25) is 4.79 Å². The molecular weight excluding hydrogens is 309 g/mol. The number of carbonyl (C=O) groups excluding carboxylic acids is 1. The summed E-state index contributed by atoms with van der Waals surface area (Å²) in [7, 11) is 0. The van der Waals surface area contributed by atoms with E-state index in [1.165, 1.54) is 18.7 Å². The molecule has 0 saturated heterocycles. The molecule has 0 aliphatic heterocycles. The van der Waals surface area contributed by atoms with Crippen molar-refractivity contribution < 1.29 is 22.4 Å². The number of nitrogens with zero attached hydrogens (tertiary/aromatic N) is 1. The van der Waals surface area contributed by atoms with Gasteiger partial charge in [0.25, 0.3) is 0 Å². The van der Waals surface area contributed by atoms with Crippen LogP contribution in [0.2, 0.25) is 5.02 Å². The number of carbonyl (C=O) groups is 1. The number of anilines is 1. The second-order valence-corrected chi connectivity index (χ2v) is 4.63. The van der Waals surface area contributed by atoms with Crippen molar-refractivity contribution in [2.75, 3.05) is 5.32 Å². The summed E-state index contributed by atoms with van der Waals surface area (Å²) in [6, 6.07) is 3.21. The molecule has 1 N–H and O–H groups in total. The van der Waals surface area contributed by atoms with E-state index in [0.29, 0.717) is 12.1 Å². The number of aryl methyl sites for hydroxylation is 1. The van der Waals surface area contributed by atoms with Crippen molar-refractivity contribution in [2.45, 2.75) is 19.0 Å². The SMILES string of the molecule is O=C(CCc1cocn1)Nc1ccc(Cl)c(C(F)(F)F)c1. The van der Waals surface area contributed by atoms with Crippen molar-refractivity contribution >= 4 is 23.2 Å². The van der Waals surface area contributed by atoms with E-state index < -0.39 is 22.7 Å². The van der Waals surface area contributed by atoms with Crippen LogP contribution in [0, 0.1) is 0 Å². The minimum Gasteiger partial charge on any atom is -0.451 e. The predicted molar refractivity (Wildman–Crippen MR) is 69.9 cm³/mol. The van der Waals surface area contributed by atoms with Crippen LogP contribution in [0.5, 0.6) is 0 Å². The maximum Gasteiger partial charge on any atom is 0.417 e. The quantitative estimate of drug-likeness (QED) is 0.929. The average Bonchev–Trinajstić information content (AvgIpc) is 2.90. The highest BCUT2D eigenvalue weighted by Gasteiger charge is 2.33. The number of nitrogens with one attached hydrogen (secondary N) is 1. The molecule has 0 atom stereocenters. The fraction of sp³-hybridized carbons (Fsp3) is 0.231. The molecule has 2 aromatic rings. The molecule has 0 bridgehead atoms. The summed E-state index contributed by atoms with van der Waals surface area (Å²) in [6.07, 6.45) is -1.52. The third kappa shape index (κ3) is 4.22. The Balaban J connectivity index is 2.01. The number of benzene rings is 1. The standard InChI is InChI=1S/C13H10ClF3N2O2/c14-11-3-1-8(5-10(11)13(15,16)17)19-12(20)4-2-9-6-21-7-18-9/h1,3,5-7H,2,4H2,(H,19,20). The molecule has 112 valence electrons. The van der Waals surface area contributed by atoms with Crippen molar-refractivity contribution in [1.29, 1.82) is 0 Å². The molecule has 0 saturated carbocycles. The average molecular weight is 319 g/mol. The lowest BCUT2D eigenvalue weighted by molar-refractivity contribution is -0.137. The van der Waals surface area contributed by atoms with Gasteiger partial charge in [-0.25, -0.2) is 4.98 Å². The number of hydrogen-bond donors (Lipinski definition) is 1. The zero-order chi connectivity index (χ0) is 15.5. The molecule has 0 fully saturated rings. The molecule has 0 aliphatic carbocycles. The van der Waals surface area contributed by atoms with Crippen molar-refractivity contribution in [3.63, 3.8) is 0 Å². The summed E-state index contributed by atoms with van der Waals surface area (Å²) < 4.78 is 42.8. The molecule has 0 unspecified atom stereocenters. The first-order chi connectivity index (χ1) is 9.86. The van der Waals surface area contributed by atoms with Crippen LogP contribution in [0.3, 0.4) is 0 Å². The molecule has 8 heteroatoms. The second-order valence-electron chi connectivity index (χ2n) is 4.22. The minimum atomic E-state index is -4.57. The molecule has 0 aliphatic rings. The number of amides is 1. The second kappa shape index (κ2) is 6.17. The van der Waals surface area contributed by atoms with Gasteiger partial charge in [-0.15, -0.1) is 0 Å². The highest BCUT2D eigenvalue weighted by atomic mass is 35.5. The van der Waals surface area contributed by atoms with Crippen LogP contribution in [0.15, 0.2) is 35.3 Å². The van der Waals surface area contributed by atoms with E-state index in [1.807, 2.05) is 0 Å². The summed E-state index contributed by atoms with van der Waals surface area (Å²) >= 11 is 5.49. The number of hydrogen-bond acceptors (Lipinski definition) is 3. The van der Waals surface area contributed by atoms with Crippen LogP contribution >= 0.6 is 11.6 Å². The zero-order valence-electron chi connectivity index (χ0n) is 10.6. The van der Waals surface area contributed by atoms with E-state index in [-0.39, 0.29) is 12.1 Å².